The summed E-state index contributed by atoms with van der Waals surface area (Å²) in [5, 5.41) is 9.74. The van der Waals surface area contributed by atoms with Gasteiger partial charge in [-0.05, 0) is 36.1 Å². The zero-order valence-electron chi connectivity index (χ0n) is 7.83. The fraction of sp³-hybridized carbons (Fsp3) is 0.273. The molecule has 1 unspecified atom stereocenters. The van der Waals surface area contributed by atoms with Crippen LogP contribution in [-0.4, -0.2) is 6.08 Å². The molecule has 74 valence electrons. The van der Waals surface area contributed by atoms with Gasteiger partial charge in [0.25, 0.3) is 0 Å². The fourth-order valence-electron chi connectivity index (χ4n) is 1.96. The molecule has 0 aliphatic heterocycles. The zero-order valence-corrected chi connectivity index (χ0v) is 8.58. The molecule has 15 heavy (non-hydrogen) atoms. The molecule has 0 bridgehead atoms. The van der Waals surface area contributed by atoms with Gasteiger partial charge in [0.1, 0.15) is 0 Å². The van der Waals surface area contributed by atoms with Gasteiger partial charge in [-0.15, -0.1) is 0 Å². The largest absolute Gasteiger partial charge is 0.236 e. The number of aryl methyl sites for hydroxylation is 1. The van der Waals surface area contributed by atoms with Crippen LogP contribution in [0.5, 0.6) is 0 Å². The number of isocyanates is 1. The van der Waals surface area contributed by atoms with Gasteiger partial charge in [0.05, 0.1) is 6.07 Å². The van der Waals surface area contributed by atoms with Crippen LogP contribution in [0.1, 0.15) is 17.5 Å². The van der Waals surface area contributed by atoms with Crippen molar-refractivity contribution in [3.05, 3.63) is 34.3 Å². The van der Waals surface area contributed by atoms with Crippen molar-refractivity contribution in [3.63, 3.8) is 0 Å². The van der Waals surface area contributed by atoms with Crippen molar-refractivity contribution < 1.29 is 4.79 Å². The molecule has 1 aliphatic carbocycles. The average molecular weight is 219 g/mol. The van der Waals surface area contributed by atoms with Crippen LogP contribution in [0, 0.1) is 11.3 Å². The molecule has 0 saturated carbocycles. The molecule has 4 heteroatoms. The van der Waals surface area contributed by atoms with Crippen LogP contribution in [0.15, 0.2) is 23.2 Å². The van der Waals surface area contributed by atoms with Gasteiger partial charge >= 0.3 is 0 Å². The van der Waals surface area contributed by atoms with Gasteiger partial charge < -0.3 is 0 Å². The second-order valence-electron chi connectivity index (χ2n) is 3.48. The molecule has 0 aromatic heterocycles. The Morgan fingerprint density at radius 3 is 3.00 bits per heavy atom. The maximum absolute atomic E-state index is 10.3. The van der Waals surface area contributed by atoms with Gasteiger partial charge in [-0.1, -0.05) is 17.7 Å². The quantitative estimate of drug-likeness (QED) is 0.537. The Morgan fingerprint density at radius 2 is 2.33 bits per heavy atom. The highest BCUT2D eigenvalue weighted by molar-refractivity contribution is 6.30. The topological polar surface area (TPSA) is 53.2 Å². The van der Waals surface area contributed by atoms with E-state index in [0.717, 1.165) is 11.1 Å². The third kappa shape index (κ3) is 1.45. The summed E-state index contributed by atoms with van der Waals surface area (Å²) < 4.78 is 0. The first-order valence-electron chi connectivity index (χ1n) is 4.51. The molecule has 3 nitrogen and oxygen atoms in total. The van der Waals surface area contributed by atoms with Crippen molar-refractivity contribution in [1.82, 2.24) is 0 Å². The molecule has 0 amide bonds. The second-order valence-corrected chi connectivity index (χ2v) is 3.91. The number of nitrogens with zero attached hydrogens (tertiary/aromatic N) is 2. The Bertz CT molecular complexity index is 500. The van der Waals surface area contributed by atoms with E-state index in [-0.39, 0.29) is 0 Å². The normalized spacial score (nSPS) is 22.7. The summed E-state index contributed by atoms with van der Waals surface area (Å²) in [5.74, 6) is 0. The minimum Gasteiger partial charge on any atom is -0.211 e. The first kappa shape index (κ1) is 9.92. The maximum atomic E-state index is 10.3. The van der Waals surface area contributed by atoms with Gasteiger partial charge in [0, 0.05) is 5.02 Å². The molecular weight excluding hydrogens is 212 g/mol. The number of carbonyl (C=O) groups excluding carboxylic acids is 1. The molecular formula is C11H7ClN2O. The summed E-state index contributed by atoms with van der Waals surface area (Å²) in [5.41, 5.74) is 0.725. The third-order valence-corrected chi connectivity index (χ3v) is 2.93. The smallest absolute Gasteiger partial charge is 0.211 e. The standard InChI is InChI=1S/C11H7ClN2O/c12-9-1-2-10-8(5-9)3-4-11(10,6-13)14-7-15/h1-2,5H,3-4H2. The summed E-state index contributed by atoms with van der Waals surface area (Å²) >= 11 is 5.85. The van der Waals surface area contributed by atoms with Crippen LogP contribution in [-0.2, 0) is 16.8 Å². The number of fused-ring (bicyclic) bond motifs is 1. The zero-order chi connectivity index (χ0) is 10.9. The highest BCUT2D eigenvalue weighted by Gasteiger charge is 2.39. The third-order valence-electron chi connectivity index (χ3n) is 2.69. The first-order valence-corrected chi connectivity index (χ1v) is 4.89. The number of rotatable bonds is 1. The fourth-order valence-corrected chi connectivity index (χ4v) is 2.15. The van der Waals surface area contributed by atoms with Crippen LogP contribution in [0.2, 0.25) is 5.02 Å². The van der Waals surface area contributed by atoms with E-state index < -0.39 is 5.54 Å². The number of hydrogen-bond donors (Lipinski definition) is 0. The monoisotopic (exact) mass is 218 g/mol. The maximum Gasteiger partial charge on any atom is 0.236 e. The van der Waals surface area contributed by atoms with Crippen molar-refractivity contribution in [2.24, 2.45) is 4.99 Å². The minimum atomic E-state index is -1.04. The van der Waals surface area contributed by atoms with Gasteiger partial charge in [-0.25, -0.2) is 4.79 Å². The first-order chi connectivity index (χ1) is 7.22. The predicted octanol–water partition coefficient (Wildman–Crippen LogP) is 2.34. The van der Waals surface area contributed by atoms with Crippen LogP contribution in [0.4, 0.5) is 0 Å². The van der Waals surface area contributed by atoms with Gasteiger partial charge in [0.2, 0.25) is 6.08 Å². The molecule has 0 heterocycles. The van der Waals surface area contributed by atoms with E-state index >= 15 is 0 Å². The molecule has 1 aromatic carbocycles. The second kappa shape index (κ2) is 3.51. The Hall–Kier alpha value is -1.62. The molecule has 0 fully saturated rings. The molecule has 1 atom stereocenters. The minimum absolute atomic E-state index is 0.522. The van der Waals surface area contributed by atoms with Crippen LogP contribution in [0.3, 0.4) is 0 Å². The van der Waals surface area contributed by atoms with Gasteiger partial charge in [0.15, 0.2) is 5.54 Å². The molecule has 1 aliphatic rings. The molecule has 1 aromatic rings. The Morgan fingerprint density at radius 1 is 1.53 bits per heavy atom. The lowest BCUT2D eigenvalue weighted by atomic mass is 9.94. The van der Waals surface area contributed by atoms with Crippen LogP contribution < -0.4 is 0 Å². The summed E-state index contributed by atoms with van der Waals surface area (Å²) in [4.78, 5) is 14.0. The number of nitriles is 1. The summed E-state index contributed by atoms with van der Waals surface area (Å²) in [6.45, 7) is 0. The van der Waals surface area contributed by atoms with Crippen molar-refractivity contribution in [1.29, 1.82) is 5.26 Å². The number of hydrogen-bond acceptors (Lipinski definition) is 3. The molecule has 0 saturated heterocycles. The summed E-state index contributed by atoms with van der Waals surface area (Å²) in [6, 6.07) is 7.36. The Kier molecular flexibility index (Phi) is 2.32. The van der Waals surface area contributed by atoms with E-state index in [4.69, 9.17) is 16.9 Å². The van der Waals surface area contributed by atoms with E-state index in [1.54, 1.807) is 12.1 Å². The lowest BCUT2D eigenvalue weighted by molar-refractivity contribution is 0.532. The van der Waals surface area contributed by atoms with Crippen LogP contribution >= 0.6 is 11.6 Å². The average Bonchev–Trinajstić information content (AvgIpc) is 2.58. The number of benzene rings is 1. The van der Waals surface area contributed by atoms with Crippen molar-refractivity contribution in [2.75, 3.05) is 0 Å². The summed E-state index contributed by atoms with van der Waals surface area (Å²) in [6.07, 6.45) is 2.72. The lowest BCUT2D eigenvalue weighted by Gasteiger charge is -2.13. The van der Waals surface area contributed by atoms with E-state index in [9.17, 15) is 4.79 Å². The van der Waals surface area contributed by atoms with Crippen LogP contribution in [0.25, 0.3) is 0 Å². The molecule has 2 rings (SSSR count). The van der Waals surface area contributed by atoms with E-state index in [0.29, 0.717) is 17.9 Å². The van der Waals surface area contributed by atoms with Gasteiger partial charge in [-0.2, -0.15) is 10.3 Å². The highest BCUT2D eigenvalue weighted by atomic mass is 35.5. The summed E-state index contributed by atoms with van der Waals surface area (Å²) in [7, 11) is 0. The Labute approximate surface area is 92.0 Å². The van der Waals surface area contributed by atoms with E-state index in [2.05, 4.69) is 11.1 Å². The SMILES string of the molecule is N#CC1(N=C=O)CCc2cc(Cl)ccc21. The molecule has 0 N–H and O–H groups in total. The number of aliphatic imine (C=N–C) groups is 1. The molecule has 0 spiro atoms. The van der Waals surface area contributed by atoms with E-state index in [1.165, 1.54) is 6.08 Å². The number of halogens is 1. The van der Waals surface area contributed by atoms with Crippen molar-refractivity contribution in [3.8, 4) is 6.07 Å². The highest BCUT2D eigenvalue weighted by Crippen LogP contribution is 2.40. The lowest BCUT2D eigenvalue weighted by Crippen LogP contribution is -2.16. The Balaban J connectivity index is 2.62. The molecule has 0 radical (unpaired) electrons. The van der Waals surface area contributed by atoms with Gasteiger partial charge in [-0.3, -0.25) is 0 Å². The van der Waals surface area contributed by atoms with Crippen molar-refractivity contribution in [2.45, 2.75) is 18.4 Å². The van der Waals surface area contributed by atoms with Crippen molar-refractivity contribution >= 4 is 17.7 Å². The predicted molar refractivity (Wildman–Crippen MR) is 55.2 cm³/mol. The van der Waals surface area contributed by atoms with E-state index in [1.807, 2.05) is 6.07 Å².